The highest BCUT2D eigenvalue weighted by atomic mass is 16.5. The SMILES string of the molecule is CC1CN(C(=O)c2ccc(NCC(=O)NC3(C#N)CCCCC3)cc2)CC(C)O1. The maximum atomic E-state index is 12.7. The molecule has 0 spiro atoms. The lowest BCUT2D eigenvalue weighted by molar-refractivity contribution is -0.121. The van der Waals surface area contributed by atoms with E-state index in [0.29, 0.717) is 31.5 Å². The lowest BCUT2D eigenvalue weighted by Crippen LogP contribution is -2.50. The predicted octanol–water partition coefficient (Wildman–Crippen LogP) is 2.69. The molecule has 1 saturated heterocycles. The van der Waals surface area contributed by atoms with Crippen LogP contribution < -0.4 is 10.6 Å². The molecule has 29 heavy (non-hydrogen) atoms. The number of anilines is 1. The van der Waals surface area contributed by atoms with E-state index >= 15 is 0 Å². The number of amides is 2. The van der Waals surface area contributed by atoms with Gasteiger partial charge in [-0.3, -0.25) is 9.59 Å². The number of hydrogen-bond donors (Lipinski definition) is 2. The van der Waals surface area contributed by atoms with Crippen molar-refractivity contribution in [1.82, 2.24) is 10.2 Å². The number of nitrogens with one attached hydrogen (secondary N) is 2. The highest BCUT2D eigenvalue weighted by Gasteiger charge is 2.33. The molecule has 1 aliphatic carbocycles. The summed E-state index contributed by atoms with van der Waals surface area (Å²) in [6.07, 6.45) is 4.54. The van der Waals surface area contributed by atoms with E-state index in [2.05, 4.69) is 16.7 Å². The van der Waals surface area contributed by atoms with Crippen LogP contribution in [0.5, 0.6) is 0 Å². The van der Waals surface area contributed by atoms with Crippen LogP contribution in [0.3, 0.4) is 0 Å². The van der Waals surface area contributed by atoms with Crippen LogP contribution in [0, 0.1) is 11.3 Å². The van der Waals surface area contributed by atoms with Gasteiger partial charge in [0.1, 0.15) is 5.54 Å². The molecular formula is C22H30N4O3. The highest BCUT2D eigenvalue weighted by Crippen LogP contribution is 2.27. The number of nitriles is 1. The Bertz CT molecular complexity index is 755. The molecule has 7 heteroatoms. The van der Waals surface area contributed by atoms with Crippen molar-refractivity contribution in [2.75, 3.05) is 25.0 Å². The van der Waals surface area contributed by atoms with Crippen molar-refractivity contribution >= 4 is 17.5 Å². The molecule has 2 unspecified atom stereocenters. The van der Waals surface area contributed by atoms with Crippen LogP contribution in [0.2, 0.25) is 0 Å². The second kappa shape index (κ2) is 9.27. The minimum atomic E-state index is -0.722. The number of benzene rings is 1. The van der Waals surface area contributed by atoms with Crippen LogP contribution in [-0.2, 0) is 9.53 Å². The standard InChI is InChI=1S/C22H30N4O3/c1-16-13-26(14-17(2)29-16)21(28)18-6-8-19(9-7-18)24-12-20(27)25-22(15-23)10-4-3-5-11-22/h6-9,16-17,24H,3-5,10-14H2,1-2H3,(H,25,27). The Hall–Kier alpha value is -2.59. The fraction of sp³-hybridized carbons (Fsp3) is 0.591. The normalized spacial score (nSPS) is 23.7. The quantitative estimate of drug-likeness (QED) is 0.795. The van der Waals surface area contributed by atoms with E-state index in [1.807, 2.05) is 18.7 Å². The van der Waals surface area contributed by atoms with Crippen molar-refractivity contribution in [2.45, 2.75) is 63.7 Å². The Kier molecular flexibility index (Phi) is 6.75. The zero-order valence-corrected chi connectivity index (χ0v) is 17.2. The fourth-order valence-corrected chi connectivity index (χ4v) is 4.17. The monoisotopic (exact) mass is 398 g/mol. The van der Waals surface area contributed by atoms with Crippen molar-refractivity contribution in [3.8, 4) is 6.07 Å². The summed E-state index contributed by atoms with van der Waals surface area (Å²) < 4.78 is 5.68. The van der Waals surface area contributed by atoms with Gasteiger partial charge >= 0.3 is 0 Å². The molecule has 1 aromatic rings. The van der Waals surface area contributed by atoms with Gasteiger partial charge in [0.2, 0.25) is 5.91 Å². The molecule has 1 heterocycles. The maximum absolute atomic E-state index is 12.7. The summed E-state index contributed by atoms with van der Waals surface area (Å²) in [5.74, 6) is -0.200. The number of nitrogens with zero attached hydrogens (tertiary/aromatic N) is 2. The summed E-state index contributed by atoms with van der Waals surface area (Å²) in [4.78, 5) is 26.8. The molecule has 2 N–H and O–H groups in total. The van der Waals surface area contributed by atoms with E-state index in [1.54, 1.807) is 24.3 Å². The van der Waals surface area contributed by atoms with Crippen LogP contribution >= 0.6 is 0 Å². The first-order chi connectivity index (χ1) is 13.9. The lowest BCUT2D eigenvalue weighted by atomic mass is 9.83. The Morgan fingerprint density at radius 2 is 1.76 bits per heavy atom. The van der Waals surface area contributed by atoms with Gasteiger partial charge in [-0.15, -0.1) is 0 Å². The average Bonchev–Trinajstić information content (AvgIpc) is 2.72. The number of morpholine rings is 1. The van der Waals surface area contributed by atoms with Crippen molar-refractivity contribution in [3.05, 3.63) is 29.8 Å². The van der Waals surface area contributed by atoms with Gasteiger partial charge in [0.15, 0.2) is 0 Å². The molecule has 0 aromatic heterocycles. The van der Waals surface area contributed by atoms with Crippen LogP contribution in [0.1, 0.15) is 56.3 Å². The van der Waals surface area contributed by atoms with Gasteiger partial charge in [-0.25, -0.2) is 0 Å². The molecule has 2 fully saturated rings. The minimum Gasteiger partial charge on any atom is -0.376 e. The first kappa shape index (κ1) is 21.1. The van der Waals surface area contributed by atoms with Crippen molar-refractivity contribution < 1.29 is 14.3 Å². The van der Waals surface area contributed by atoms with Crippen molar-refractivity contribution in [1.29, 1.82) is 5.26 Å². The molecule has 1 aliphatic heterocycles. The molecule has 0 bridgehead atoms. The molecule has 3 rings (SSSR count). The van der Waals surface area contributed by atoms with E-state index in [9.17, 15) is 14.9 Å². The van der Waals surface area contributed by atoms with Gasteiger partial charge in [-0.2, -0.15) is 5.26 Å². The van der Waals surface area contributed by atoms with Crippen LogP contribution in [0.25, 0.3) is 0 Å². The zero-order chi connectivity index (χ0) is 20.9. The summed E-state index contributed by atoms with van der Waals surface area (Å²) in [6.45, 7) is 5.21. The third kappa shape index (κ3) is 5.48. The Morgan fingerprint density at radius 3 is 2.34 bits per heavy atom. The highest BCUT2D eigenvalue weighted by molar-refractivity contribution is 5.94. The summed E-state index contributed by atoms with van der Waals surface area (Å²) in [6, 6.07) is 9.43. The molecular weight excluding hydrogens is 368 g/mol. The third-order valence-electron chi connectivity index (χ3n) is 5.59. The van der Waals surface area contributed by atoms with Gasteiger partial charge < -0.3 is 20.3 Å². The average molecular weight is 399 g/mol. The number of carbonyl (C=O) groups excluding carboxylic acids is 2. The van der Waals surface area contributed by atoms with Crippen LogP contribution in [-0.4, -0.2) is 54.1 Å². The second-order valence-electron chi connectivity index (χ2n) is 8.20. The first-order valence-corrected chi connectivity index (χ1v) is 10.4. The van der Waals surface area contributed by atoms with Gasteiger partial charge in [0.05, 0.1) is 24.8 Å². The molecule has 2 atom stereocenters. The topological polar surface area (TPSA) is 94.5 Å². The smallest absolute Gasteiger partial charge is 0.254 e. The molecule has 2 aliphatic rings. The van der Waals surface area contributed by atoms with E-state index in [0.717, 1.165) is 24.9 Å². The number of rotatable bonds is 5. The Labute approximate surface area is 172 Å². The first-order valence-electron chi connectivity index (χ1n) is 10.4. The number of hydrogen-bond acceptors (Lipinski definition) is 5. The Morgan fingerprint density at radius 1 is 1.14 bits per heavy atom. The Balaban J connectivity index is 1.52. The summed E-state index contributed by atoms with van der Waals surface area (Å²) in [5.41, 5.74) is 0.654. The van der Waals surface area contributed by atoms with Crippen molar-refractivity contribution in [3.63, 3.8) is 0 Å². The largest absolute Gasteiger partial charge is 0.376 e. The summed E-state index contributed by atoms with van der Waals surface area (Å²) in [5, 5.41) is 15.4. The molecule has 1 aromatic carbocycles. The van der Waals surface area contributed by atoms with Crippen LogP contribution in [0.15, 0.2) is 24.3 Å². The van der Waals surface area contributed by atoms with Gasteiger partial charge in [0, 0.05) is 24.3 Å². The predicted molar refractivity (Wildman–Crippen MR) is 110 cm³/mol. The number of carbonyl (C=O) groups is 2. The zero-order valence-electron chi connectivity index (χ0n) is 17.2. The molecule has 7 nitrogen and oxygen atoms in total. The van der Waals surface area contributed by atoms with Crippen LogP contribution in [0.4, 0.5) is 5.69 Å². The minimum absolute atomic E-state index is 0.00967. The lowest BCUT2D eigenvalue weighted by Gasteiger charge is -2.35. The number of ether oxygens (including phenoxy) is 1. The van der Waals surface area contributed by atoms with E-state index in [4.69, 9.17) is 4.74 Å². The van der Waals surface area contributed by atoms with E-state index in [1.165, 1.54) is 0 Å². The molecule has 0 radical (unpaired) electrons. The van der Waals surface area contributed by atoms with Crippen molar-refractivity contribution in [2.24, 2.45) is 0 Å². The molecule has 1 saturated carbocycles. The maximum Gasteiger partial charge on any atom is 0.254 e. The summed E-state index contributed by atoms with van der Waals surface area (Å²) in [7, 11) is 0. The fourth-order valence-electron chi connectivity index (χ4n) is 4.17. The van der Waals surface area contributed by atoms with Gasteiger partial charge in [0.25, 0.3) is 5.91 Å². The van der Waals surface area contributed by atoms with E-state index < -0.39 is 5.54 Å². The second-order valence-corrected chi connectivity index (χ2v) is 8.20. The third-order valence-corrected chi connectivity index (χ3v) is 5.59. The summed E-state index contributed by atoms with van der Waals surface area (Å²) >= 11 is 0. The van der Waals surface area contributed by atoms with E-state index in [-0.39, 0.29) is 30.6 Å². The van der Waals surface area contributed by atoms with Gasteiger partial charge in [-0.05, 0) is 51.0 Å². The molecule has 2 amide bonds. The van der Waals surface area contributed by atoms with Gasteiger partial charge in [-0.1, -0.05) is 19.3 Å². The molecule has 156 valence electrons.